The highest BCUT2D eigenvalue weighted by molar-refractivity contribution is 7.92. The zero-order chi connectivity index (χ0) is 21.0. The van der Waals surface area contributed by atoms with Crippen LogP contribution in [0.5, 0.6) is 0 Å². The number of ether oxygens (including phenoxy) is 1. The molecule has 0 aliphatic carbocycles. The standard InChI is InChI=1S/C21H26N2O5S/c1-15(2)13-16-3-6-18(7-4-16)29(26,27)22-17-5-8-20(19(14-17)21(24)25)23-9-11-28-12-10-23/h3-8,14-15,22H,9-13H2,1-2H3,(H,24,25). The number of hydrogen-bond donors (Lipinski definition) is 2. The third-order valence-electron chi connectivity index (χ3n) is 4.71. The second-order valence-electron chi connectivity index (χ2n) is 7.48. The van der Waals surface area contributed by atoms with Crippen LogP contribution in [-0.4, -0.2) is 45.8 Å². The number of hydrogen-bond acceptors (Lipinski definition) is 5. The molecule has 0 unspecified atom stereocenters. The molecule has 2 aromatic rings. The van der Waals surface area contributed by atoms with Crippen molar-refractivity contribution in [2.45, 2.75) is 25.2 Å². The fraction of sp³-hybridized carbons (Fsp3) is 0.381. The Balaban J connectivity index is 1.83. The molecule has 0 aromatic heterocycles. The zero-order valence-electron chi connectivity index (χ0n) is 16.6. The van der Waals surface area contributed by atoms with Gasteiger partial charge in [0.1, 0.15) is 0 Å². The van der Waals surface area contributed by atoms with Crippen molar-refractivity contribution >= 4 is 27.4 Å². The predicted molar refractivity (Wildman–Crippen MR) is 112 cm³/mol. The van der Waals surface area contributed by atoms with Crippen molar-refractivity contribution in [2.75, 3.05) is 35.9 Å². The Morgan fingerprint density at radius 1 is 1.14 bits per heavy atom. The second kappa shape index (κ2) is 8.84. The number of carboxylic acid groups (broad SMARTS) is 1. The number of rotatable bonds is 7. The highest BCUT2D eigenvalue weighted by Crippen LogP contribution is 2.27. The summed E-state index contributed by atoms with van der Waals surface area (Å²) in [5.74, 6) is -0.624. The van der Waals surface area contributed by atoms with Gasteiger partial charge in [0.15, 0.2) is 0 Å². The number of sulfonamides is 1. The van der Waals surface area contributed by atoms with E-state index in [1.807, 2.05) is 4.90 Å². The molecule has 1 aliphatic heterocycles. The molecule has 1 fully saturated rings. The lowest BCUT2D eigenvalue weighted by Gasteiger charge is -2.30. The van der Waals surface area contributed by atoms with Gasteiger partial charge in [-0.25, -0.2) is 13.2 Å². The molecule has 2 N–H and O–H groups in total. The minimum absolute atomic E-state index is 0.0550. The van der Waals surface area contributed by atoms with Gasteiger partial charge < -0.3 is 14.7 Å². The van der Waals surface area contributed by atoms with E-state index in [-0.39, 0.29) is 16.1 Å². The Morgan fingerprint density at radius 2 is 1.79 bits per heavy atom. The Labute approximate surface area is 171 Å². The Hall–Kier alpha value is -2.58. The van der Waals surface area contributed by atoms with Gasteiger partial charge in [0.25, 0.3) is 10.0 Å². The van der Waals surface area contributed by atoms with Crippen LogP contribution in [0.4, 0.5) is 11.4 Å². The number of benzene rings is 2. The van der Waals surface area contributed by atoms with Gasteiger partial charge in [0.2, 0.25) is 0 Å². The van der Waals surface area contributed by atoms with Crippen molar-refractivity contribution in [3.63, 3.8) is 0 Å². The lowest BCUT2D eigenvalue weighted by Crippen LogP contribution is -2.37. The van der Waals surface area contributed by atoms with E-state index in [0.29, 0.717) is 37.9 Å². The SMILES string of the molecule is CC(C)Cc1ccc(S(=O)(=O)Nc2ccc(N3CCOCC3)c(C(=O)O)c2)cc1. The summed E-state index contributed by atoms with van der Waals surface area (Å²) in [6.07, 6.45) is 0.874. The second-order valence-corrected chi connectivity index (χ2v) is 9.17. The van der Waals surface area contributed by atoms with Gasteiger partial charge >= 0.3 is 5.97 Å². The zero-order valence-corrected chi connectivity index (χ0v) is 17.4. The first-order chi connectivity index (χ1) is 13.8. The van der Waals surface area contributed by atoms with E-state index in [1.165, 1.54) is 6.07 Å². The van der Waals surface area contributed by atoms with E-state index in [9.17, 15) is 18.3 Å². The quantitative estimate of drug-likeness (QED) is 0.717. The van der Waals surface area contributed by atoms with Crippen LogP contribution >= 0.6 is 0 Å². The maximum atomic E-state index is 12.7. The van der Waals surface area contributed by atoms with Crippen molar-refractivity contribution in [1.82, 2.24) is 0 Å². The average molecular weight is 419 g/mol. The van der Waals surface area contributed by atoms with Crippen LogP contribution < -0.4 is 9.62 Å². The lowest BCUT2D eigenvalue weighted by molar-refractivity contribution is 0.0696. The van der Waals surface area contributed by atoms with Crippen LogP contribution in [0.1, 0.15) is 29.8 Å². The van der Waals surface area contributed by atoms with Gasteiger partial charge in [0, 0.05) is 18.8 Å². The first-order valence-corrected chi connectivity index (χ1v) is 11.1. The van der Waals surface area contributed by atoms with Gasteiger partial charge in [-0.05, 0) is 48.2 Å². The van der Waals surface area contributed by atoms with Crippen molar-refractivity contribution in [1.29, 1.82) is 0 Å². The summed E-state index contributed by atoms with van der Waals surface area (Å²) in [5, 5.41) is 9.60. The normalized spacial score (nSPS) is 14.8. The fourth-order valence-corrected chi connectivity index (χ4v) is 4.39. The Kier molecular flexibility index (Phi) is 6.44. The molecule has 1 aliphatic rings. The topological polar surface area (TPSA) is 95.9 Å². The summed E-state index contributed by atoms with van der Waals surface area (Å²) in [7, 11) is -3.82. The number of carboxylic acids is 1. The maximum Gasteiger partial charge on any atom is 0.337 e. The number of anilines is 2. The third-order valence-corrected chi connectivity index (χ3v) is 6.11. The molecule has 0 radical (unpaired) electrons. The van der Waals surface area contributed by atoms with Crippen LogP contribution in [0.3, 0.4) is 0 Å². The van der Waals surface area contributed by atoms with E-state index < -0.39 is 16.0 Å². The molecule has 8 heteroatoms. The van der Waals surface area contributed by atoms with E-state index in [2.05, 4.69) is 18.6 Å². The molecule has 0 amide bonds. The molecule has 29 heavy (non-hydrogen) atoms. The highest BCUT2D eigenvalue weighted by Gasteiger charge is 2.21. The smallest absolute Gasteiger partial charge is 0.337 e. The number of morpholine rings is 1. The third kappa shape index (κ3) is 5.27. The minimum Gasteiger partial charge on any atom is -0.478 e. The maximum absolute atomic E-state index is 12.7. The molecular weight excluding hydrogens is 392 g/mol. The molecule has 0 atom stereocenters. The molecule has 0 saturated carbocycles. The lowest BCUT2D eigenvalue weighted by atomic mass is 10.0. The van der Waals surface area contributed by atoms with Gasteiger partial charge in [-0.15, -0.1) is 0 Å². The van der Waals surface area contributed by atoms with Crippen LogP contribution in [0.2, 0.25) is 0 Å². The molecule has 0 spiro atoms. The molecule has 3 rings (SSSR count). The summed E-state index contributed by atoms with van der Waals surface area (Å²) < 4.78 is 33.2. The van der Waals surface area contributed by atoms with E-state index in [1.54, 1.807) is 36.4 Å². The predicted octanol–water partition coefficient (Wildman–Crippen LogP) is 3.22. The molecular formula is C21H26N2O5S. The van der Waals surface area contributed by atoms with Gasteiger partial charge in [0.05, 0.1) is 29.4 Å². The fourth-order valence-electron chi connectivity index (χ4n) is 3.34. The average Bonchev–Trinajstić information content (AvgIpc) is 2.68. The van der Waals surface area contributed by atoms with Crippen molar-refractivity contribution in [3.8, 4) is 0 Å². The molecule has 1 heterocycles. The van der Waals surface area contributed by atoms with E-state index in [4.69, 9.17) is 4.74 Å². The van der Waals surface area contributed by atoms with Crippen LogP contribution in [0.25, 0.3) is 0 Å². The first-order valence-electron chi connectivity index (χ1n) is 9.58. The van der Waals surface area contributed by atoms with Crippen LogP contribution in [-0.2, 0) is 21.2 Å². The van der Waals surface area contributed by atoms with Crippen molar-refractivity contribution < 1.29 is 23.1 Å². The summed E-state index contributed by atoms with van der Waals surface area (Å²) >= 11 is 0. The number of nitrogens with one attached hydrogen (secondary N) is 1. The first kappa shape index (κ1) is 21.1. The molecule has 156 valence electrons. The summed E-state index contributed by atoms with van der Waals surface area (Å²) in [6.45, 7) is 6.45. The Morgan fingerprint density at radius 3 is 2.38 bits per heavy atom. The Bertz CT molecular complexity index is 965. The molecule has 7 nitrogen and oxygen atoms in total. The summed E-state index contributed by atoms with van der Waals surface area (Å²) in [4.78, 5) is 13.8. The van der Waals surface area contributed by atoms with E-state index >= 15 is 0 Å². The highest BCUT2D eigenvalue weighted by atomic mass is 32.2. The monoisotopic (exact) mass is 418 g/mol. The minimum atomic E-state index is -3.82. The molecule has 2 aromatic carbocycles. The van der Waals surface area contributed by atoms with Crippen LogP contribution in [0.15, 0.2) is 47.4 Å². The summed E-state index contributed by atoms with van der Waals surface area (Å²) in [6, 6.07) is 11.3. The van der Waals surface area contributed by atoms with Gasteiger partial charge in [-0.3, -0.25) is 4.72 Å². The number of aromatic carboxylic acids is 1. The molecule has 1 saturated heterocycles. The van der Waals surface area contributed by atoms with Gasteiger partial charge in [-0.2, -0.15) is 0 Å². The largest absolute Gasteiger partial charge is 0.478 e. The van der Waals surface area contributed by atoms with Crippen LogP contribution in [0, 0.1) is 5.92 Å². The van der Waals surface area contributed by atoms with Crippen molar-refractivity contribution in [3.05, 3.63) is 53.6 Å². The van der Waals surface area contributed by atoms with Gasteiger partial charge in [-0.1, -0.05) is 26.0 Å². The number of carbonyl (C=O) groups is 1. The van der Waals surface area contributed by atoms with E-state index in [0.717, 1.165) is 12.0 Å². The summed E-state index contributed by atoms with van der Waals surface area (Å²) in [5.41, 5.74) is 1.90. The number of nitrogens with zero attached hydrogens (tertiary/aromatic N) is 1. The molecule has 0 bridgehead atoms. The van der Waals surface area contributed by atoms with Crippen molar-refractivity contribution in [2.24, 2.45) is 5.92 Å².